The molecule has 1 N–H and O–H groups in total. The van der Waals surface area contributed by atoms with E-state index in [1.165, 1.54) is 11.8 Å². The second-order valence-electron chi connectivity index (χ2n) is 6.57. The first kappa shape index (κ1) is 20.5. The number of carbonyl (C=O) groups is 2. The predicted octanol–water partition coefficient (Wildman–Crippen LogP) is 2.25. The van der Waals surface area contributed by atoms with E-state index in [-0.39, 0.29) is 31.4 Å². The minimum atomic E-state index is -0.415. The molecule has 156 valence electrons. The lowest BCUT2D eigenvalue weighted by Gasteiger charge is -2.25. The summed E-state index contributed by atoms with van der Waals surface area (Å²) in [5.41, 5.74) is 2.40. The lowest BCUT2D eigenvalue weighted by Crippen LogP contribution is -2.26. The highest BCUT2D eigenvalue weighted by atomic mass is 16.5. The molecule has 1 atom stereocenters. The Morgan fingerprint density at radius 3 is 2.41 bits per heavy atom. The molecule has 1 aromatic carbocycles. The largest absolute Gasteiger partial charge is 0.493 e. The number of aryl methyl sites for hydroxylation is 1. The highest BCUT2D eigenvalue weighted by Gasteiger charge is 2.34. The van der Waals surface area contributed by atoms with Gasteiger partial charge in [-0.25, -0.2) is 4.68 Å². The molecule has 3 rings (SSSR count). The smallest absolute Gasteiger partial charge is 0.327 e. The van der Waals surface area contributed by atoms with E-state index < -0.39 is 5.97 Å². The number of anilines is 1. The van der Waals surface area contributed by atoms with Gasteiger partial charge in [0.25, 0.3) is 0 Å². The van der Waals surface area contributed by atoms with E-state index in [0.29, 0.717) is 23.1 Å². The van der Waals surface area contributed by atoms with Crippen LogP contribution in [0.1, 0.15) is 36.1 Å². The van der Waals surface area contributed by atoms with E-state index in [1.54, 1.807) is 21.1 Å². The van der Waals surface area contributed by atoms with Gasteiger partial charge in [-0.2, -0.15) is 5.10 Å². The van der Waals surface area contributed by atoms with Gasteiger partial charge in [0.1, 0.15) is 12.4 Å². The number of nitrogens with zero attached hydrogens (tertiary/aromatic N) is 2. The number of hydrogen-bond donors (Lipinski definition) is 1. The van der Waals surface area contributed by atoms with Crippen LogP contribution in [0.4, 0.5) is 5.82 Å². The summed E-state index contributed by atoms with van der Waals surface area (Å²) in [5, 5.41) is 7.30. The average Bonchev–Trinajstić information content (AvgIpc) is 3.01. The van der Waals surface area contributed by atoms with Crippen molar-refractivity contribution < 1.29 is 28.5 Å². The van der Waals surface area contributed by atoms with Crippen LogP contribution in [0.2, 0.25) is 0 Å². The summed E-state index contributed by atoms with van der Waals surface area (Å²) in [6.07, 6.45) is 0.234. The van der Waals surface area contributed by atoms with Gasteiger partial charge in [-0.3, -0.25) is 9.59 Å². The zero-order chi connectivity index (χ0) is 21.1. The van der Waals surface area contributed by atoms with Gasteiger partial charge >= 0.3 is 5.97 Å². The number of aromatic nitrogens is 2. The van der Waals surface area contributed by atoms with Crippen LogP contribution in [-0.4, -0.2) is 49.6 Å². The summed E-state index contributed by atoms with van der Waals surface area (Å²) in [6, 6.07) is 3.66. The van der Waals surface area contributed by atoms with Gasteiger partial charge in [-0.1, -0.05) is 0 Å². The molecule has 0 saturated carbocycles. The van der Waals surface area contributed by atoms with E-state index in [9.17, 15) is 9.59 Å². The second kappa shape index (κ2) is 8.42. The third-order valence-corrected chi connectivity index (χ3v) is 4.84. The van der Waals surface area contributed by atoms with Gasteiger partial charge in [0, 0.05) is 17.9 Å². The molecule has 1 amide bonds. The molecule has 0 aliphatic carbocycles. The predicted molar refractivity (Wildman–Crippen MR) is 105 cm³/mol. The van der Waals surface area contributed by atoms with Crippen molar-refractivity contribution in [1.29, 1.82) is 0 Å². The lowest BCUT2D eigenvalue weighted by atomic mass is 9.85. The fourth-order valence-electron chi connectivity index (χ4n) is 3.65. The first-order valence-corrected chi connectivity index (χ1v) is 9.26. The standard InChI is InChI=1S/C20H25N3O6/c1-6-29-17(25)10-23-20-18(11(2)22-23)13(9-16(24)21-20)12-7-14(26-3)19(28-5)15(8-12)27-4/h7-8,13H,6,9-10H2,1-5H3,(H,21,24). The fourth-order valence-corrected chi connectivity index (χ4v) is 3.65. The summed E-state index contributed by atoms with van der Waals surface area (Å²) in [5.74, 6) is 1.14. The zero-order valence-corrected chi connectivity index (χ0v) is 17.2. The number of hydrogen-bond acceptors (Lipinski definition) is 7. The average molecular weight is 403 g/mol. The summed E-state index contributed by atoms with van der Waals surface area (Å²) in [7, 11) is 4.63. The van der Waals surface area contributed by atoms with Gasteiger partial charge in [0.05, 0.1) is 33.6 Å². The number of esters is 1. The summed E-state index contributed by atoms with van der Waals surface area (Å²) < 4.78 is 22.8. The lowest BCUT2D eigenvalue weighted by molar-refractivity contribution is -0.144. The van der Waals surface area contributed by atoms with Crippen molar-refractivity contribution in [1.82, 2.24) is 9.78 Å². The Morgan fingerprint density at radius 2 is 1.86 bits per heavy atom. The molecule has 1 aromatic heterocycles. The van der Waals surface area contributed by atoms with Crippen LogP contribution in [-0.2, 0) is 20.9 Å². The topological polar surface area (TPSA) is 101 Å². The maximum Gasteiger partial charge on any atom is 0.327 e. The zero-order valence-electron chi connectivity index (χ0n) is 17.2. The molecule has 2 heterocycles. The van der Waals surface area contributed by atoms with Crippen LogP contribution in [0.5, 0.6) is 17.2 Å². The Labute approximate surface area is 168 Å². The second-order valence-corrected chi connectivity index (χ2v) is 6.57. The van der Waals surface area contributed by atoms with Crippen molar-refractivity contribution in [3.05, 3.63) is 29.0 Å². The first-order chi connectivity index (χ1) is 13.9. The number of amides is 1. The Morgan fingerprint density at radius 1 is 1.21 bits per heavy atom. The maximum absolute atomic E-state index is 12.5. The molecule has 0 radical (unpaired) electrons. The molecule has 2 aromatic rings. The van der Waals surface area contributed by atoms with Crippen molar-refractivity contribution >= 4 is 17.7 Å². The molecule has 9 heteroatoms. The van der Waals surface area contributed by atoms with E-state index in [0.717, 1.165) is 16.8 Å². The van der Waals surface area contributed by atoms with Crippen LogP contribution in [0.25, 0.3) is 0 Å². The molecule has 9 nitrogen and oxygen atoms in total. The Bertz CT molecular complexity index is 912. The molecule has 1 aliphatic rings. The number of carbonyl (C=O) groups excluding carboxylic acids is 2. The number of rotatable bonds is 7. The van der Waals surface area contributed by atoms with Gasteiger partial charge in [-0.15, -0.1) is 0 Å². The van der Waals surface area contributed by atoms with Crippen LogP contribution >= 0.6 is 0 Å². The monoisotopic (exact) mass is 403 g/mol. The first-order valence-electron chi connectivity index (χ1n) is 9.26. The van der Waals surface area contributed by atoms with Gasteiger partial charge in [0.15, 0.2) is 11.5 Å². The number of fused-ring (bicyclic) bond motifs is 1. The van der Waals surface area contributed by atoms with Crippen molar-refractivity contribution in [3.63, 3.8) is 0 Å². The number of benzene rings is 1. The molecular weight excluding hydrogens is 378 g/mol. The highest BCUT2D eigenvalue weighted by molar-refractivity contribution is 5.95. The molecular formula is C20H25N3O6. The third-order valence-electron chi connectivity index (χ3n) is 4.84. The van der Waals surface area contributed by atoms with E-state index >= 15 is 0 Å². The minimum absolute atomic E-state index is 0.0771. The van der Waals surface area contributed by atoms with Gasteiger partial charge in [0.2, 0.25) is 11.7 Å². The summed E-state index contributed by atoms with van der Waals surface area (Å²) in [6.45, 7) is 3.79. The van der Waals surface area contributed by atoms with Crippen LogP contribution in [0, 0.1) is 6.92 Å². The molecule has 0 saturated heterocycles. The van der Waals surface area contributed by atoms with E-state index in [1.807, 2.05) is 19.1 Å². The quantitative estimate of drug-likeness (QED) is 0.708. The fraction of sp³-hybridized carbons (Fsp3) is 0.450. The van der Waals surface area contributed by atoms with Crippen LogP contribution < -0.4 is 19.5 Å². The SMILES string of the molecule is CCOC(=O)Cn1nc(C)c2c1NC(=O)CC2c1cc(OC)c(OC)c(OC)c1. The molecule has 0 spiro atoms. The Hall–Kier alpha value is -3.23. The number of ether oxygens (including phenoxy) is 4. The normalized spacial score (nSPS) is 15.3. The Balaban J connectivity index is 2.09. The number of methoxy groups -OCH3 is 3. The van der Waals surface area contributed by atoms with Crippen molar-refractivity contribution in [2.75, 3.05) is 33.3 Å². The van der Waals surface area contributed by atoms with Crippen LogP contribution in [0.3, 0.4) is 0 Å². The summed E-state index contributed by atoms with van der Waals surface area (Å²) >= 11 is 0. The van der Waals surface area contributed by atoms with E-state index in [4.69, 9.17) is 18.9 Å². The summed E-state index contributed by atoms with van der Waals surface area (Å²) in [4.78, 5) is 24.4. The van der Waals surface area contributed by atoms with Gasteiger partial charge in [-0.05, 0) is 31.5 Å². The number of nitrogens with one attached hydrogen (secondary N) is 1. The molecule has 0 bridgehead atoms. The molecule has 0 fully saturated rings. The molecule has 1 unspecified atom stereocenters. The van der Waals surface area contributed by atoms with Crippen molar-refractivity contribution in [3.8, 4) is 17.2 Å². The maximum atomic E-state index is 12.5. The molecule has 29 heavy (non-hydrogen) atoms. The van der Waals surface area contributed by atoms with Gasteiger partial charge < -0.3 is 24.3 Å². The highest BCUT2D eigenvalue weighted by Crippen LogP contribution is 2.45. The van der Waals surface area contributed by atoms with Crippen LogP contribution in [0.15, 0.2) is 12.1 Å². The third kappa shape index (κ3) is 3.85. The van der Waals surface area contributed by atoms with Crippen molar-refractivity contribution in [2.24, 2.45) is 0 Å². The minimum Gasteiger partial charge on any atom is -0.493 e. The molecule has 1 aliphatic heterocycles. The van der Waals surface area contributed by atoms with Crippen molar-refractivity contribution in [2.45, 2.75) is 32.7 Å². The Kier molecular flexibility index (Phi) is 5.95. The van der Waals surface area contributed by atoms with E-state index in [2.05, 4.69) is 10.4 Å².